The number of ketones is 1. The van der Waals surface area contributed by atoms with E-state index >= 15 is 0 Å². The van der Waals surface area contributed by atoms with Crippen molar-refractivity contribution in [3.05, 3.63) is 99.1 Å². The van der Waals surface area contributed by atoms with Crippen LogP contribution >= 0.6 is 0 Å². The van der Waals surface area contributed by atoms with Gasteiger partial charge in [0.1, 0.15) is 5.75 Å². The van der Waals surface area contributed by atoms with Gasteiger partial charge in [-0.15, -0.1) is 0 Å². The van der Waals surface area contributed by atoms with Crippen LogP contribution in [-0.2, 0) is 9.53 Å². The van der Waals surface area contributed by atoms with Crippen molar-refractivity contribution in [2.75, 3.05) is 12.4 Å². The summed E-state index contributed by atoms with van der Waals surface area (Å²) in [6.45, 7) is 3.25. The minimum Gasteiger partial charge on any atom is -0.495 e. The summed E-state index contributed by atoms with van der Waals surface area (Å²) in [6.07, 6.45) is -1.26. The summed E-state index contributed by atoms with van der Waals surface area (Å²) in [6, 6.07) is 16.8. The fourth-order valence-electron chi connectivity index (χ4n) is 3.14. The van der Waals surface area contributed by atoms with Gasteiger partial charge in [0.25, 0.3) is 11.6 Å². The van der Waals surface area contributed by atoms with E-state index in [1.165, 1.54) is 38.3 Å². The zero-order valence-corrected chi connectivity index (χ0v) is 18.7. The second-order valence-corrected chi connectivity index (χ2v) is 7.42. The fraction of sp³-hybridized carbons (Fsp3) is 0.160. The maximum atomic E-state index is 12.9. The maximum absolute atomic E-state index is 12.9. The number of ether oxygens (including phenoxy) is 2. The number of nitrogens with zero attached hydrogens (tertiary/aromatic N) is 1. The number of nitro groups is 1. The highest BCUT2D eigenvalue weighted by atomic mass is 16.6. The van der Waals surface area contributed by atoms with Gasteiger partial charge in [-0.1, -0.05) is 48.0 Å². The molecule has 0 aliphatic heterocycles. The van der Waals surface area contributed by atoms with E-state index in [0.29, 0.717) is 5.56 Å². The van der Waals surface area contributed by atoms with Crippen LogP contribution in [0.2, 0.25) is 0 Å². The number of esters is 1. The average molecular weight is 462 g/mol. The lowest BCUT2D eigenvalue weighted by molar-refractivity contribution is -0.384. The molecule has 0 aliphatic carbocycles. The number of anilines is 1. The van der Waals surface area contributed by atoms with Crippen molar-refractivity contribution in [1.29, 1.82) is 0 Å². The summed E-state index contributed by atoms with van der Waals surface area (Å²) in [4.78, 5) is 48.8. The largest absolute Gasteiger partial charge is 0.495 e. The number of hydrogen-bond donors (Lipinski definition) is 1. The van der Waals surface area contributed by atoms with Crippen LogP contribution in [0.3, 0.4) is 0 Å². The summed E-state index contributed by atoms with van der Waals surface area (Å²) >= 11 is 0. The molecule has 9 nitrogen and oxygen atoms in total. The highest BCUT2D eigenvalue weighted by Gasteiger charge is 2.24. The van der Waals surface area contributed by atoms with Crippen LogP contribution in [0.5, 0.6) is 5.75 Å². The van der Waals surface area contributed by atoms with Crippen molar-refractivity contribution >= 4 is 29.0 Å². The zero-order valence-electron chi connectivity index (χ0n) is 18.7. The first kappa shape index (κ1) is 24.1. The van der Waals surface area contributed by atoms with Crippen molar-refractivity contribution in [1.82, 2.24) is 0 Å². The number of carbonyl (C=O) groups is 3. The first-order valence-corrected chi connectivity index (χ1v) is 10.3. The van der Waals surface area contributed by atoms with E-state index in [2.05, 4.69) is 5.32 Å². The standard InChI is InChI=1S/C25H22N2O7/c1-15-8-10-17(11-9-15)23(28)19-6-4-5-7-20(19)25(30)34-16(2)24(29)26-21-14-18(27(31)32)12-13-22(21)33-3/h4-14,16H,1-3H3,(H,26,29). The lowest BCUT2D eigenvalue weighted by atomic mass is 9.98. The number of benzene rings is 3. The van der Waals surface area contributed by atoms with Gasteiger partial charge in [0, 0.05) is 23.3 Å². The van der Waals surface area contributed by atoms with E-state index in [-0.39, 0.29) is 34.0 Å². The maximum Gasteiger partial charge on any atom is 0.339 e. The summed E-state index contributed by atoms with van der Waals surface area (Å²) in [5.41, 5.74) is 1.37. The molecule has 3 aromatic rings. The van der Waals surface area contributed by atoms with Gasteiger partial charge in [-0.05, 0) is 26.0 Å². The number of non-ortho nitro benzene ring substituents is 1. The van der Waals surface area contributed by atoms with Gasteiger partial charge in [0.05, 0.1) is 23.3 Å². The molecular formula is C25H22N2O7. The molecule has 3 rings (SSSR count). The Hall–Kier alpha value is -4.53. The first-order chi connectivity index (χ1) is 16.2. The Morgan fingerprint density at radius 2 is 1.62 bits per heavy atom. The van der Waals surface area contributed by atoms with E-state index in [1.807, 2.05) is 6.92 Å². The molecule has 0 fully saturated rings. The molecule has 0 saturated heterocycles. The van der Waals surface area contributed by atoms with Crippen LogP contribution in [-0.4, -0.2) is 35.8 Å². The van der Waals surface area contributed by atoms with Crippen molar-refractivity contribution in [3.63, 3.8) is 0 Å². The lowest BCUT2D eigenvalue weighted by Gasteiger charge is -2.16. The number of amides is 1. The van der Waals surface area contributed by atoms with Gasteiger partial charge < -0.3 is 14.8 Å². The summed E-state index contributed by atoms with van der Waals surface area (Å²) < 4.78 is 10.4. The van der Waals surface area contributed by atoms with Crippen LogP contribution in [0.15, 0.2) is 66.7 Å². The van der Waals surface area contributed by atoms with Crippen molar-refractivity contribution in [3.8, 4) is 5.75 Å². The molecule has 0 spiro atoms. The Morgan fingerprint density at radius 3 is 2.24 bits per heavy atom. The molecule has 0 saturated carbocycles. The number of aryl methyl sites for hydroxylation is 1. The van der Waals surface area contributed by atoms with Crippen molar-refractivity contribution in [2.45, 2.75) is 20.0 Å². The second-order valence-electron chi connectivity index (χ2n) is 7.42. The molecule has 174 valence electrons. The molecule has 34 heavy (non-hydrogen) atoms. The SMILES string of the molecule is COc1ccc([N+](=O)[O-])cc1NC(=O)C(C)OC(=O)c1ccccc1C(=O)c1ccc(C)cc1. The molecule has 0 aliphatic rings. The van der Waals surface area contributed by atoms with Gasteiger partial charge in [-0.3, -0.25) is 19.7 Å². The van der Waals surface area contributed by atoms with Crippen molar-refractivity contribution < 1.29 is 28.8 Å². The summed E-state index contributed by atoms with van der Waals surface area (Å²) in [5, 5.41) is 13.5. The quantitative estimate of drug-likeness (QED) is 0.229. The van der Waals surface area contributed by atoms with Crippen molar-refractivity contribution in [2.24, 2.45) is 0 Å². The minimum atomic E-state index is -1.26. The van der Waals surface area contributed by atoms with Gasteiger partial charge >= 0.3 is 5.97 Å². The van der Waals surface area contributed by atoms with E-state index in [0.717, 1.165) is 11.6 Å². The molecule has 1 amide bonds. The van der Waals surface area contributed by atoms with Gasteiger partial charge in [-0.2, -0.15) is 0 Å². The molecule has 1 atom stereocenters. The Labute approximate surface area is 195 Å². The Balaban J connectivity index is 1.77. The summed E-state index contributed by atoms with van der Waals surface area (Å²) in [5.74, 6) is -1.74. The molecule has 1 N–H and O–H groups in total. The van der Waals surface area contributed by atoms with Gasteiger partial charge in [0.2, 0.25) is 0 Å². The van der Waals surface area contributed by atoms with Gasteiger partial charge in [-0.25, -0.2) is 4.79 Å². The third-order valence-electron chi connectivity index (χ3n) is 5.01. The molecule has 1 unspecified atom stereocenters. The highest BCUT2D eigenvalue weighted by Crippen LogP contribution is 2.29. The first-order valence-electron chi connectivity index (χ1n) is 10.3. The van der Waals surface area contributed by atoms with Gasteiger partial charge in [0.15, 0.2) is 11.9 Å². The highest BCUT2D eigenvalue weighted by molar-refractivity contribution is 6.14. The third-order valence-corrected chi connectivity index (χ3v) is 5.01. The van der Waals surface area contributed by atoms with E-state index in [1.54, 1.807) is 36.4 Å². The number of rotatable bonds is 8. The van der Waals surface area contributed by atoms with Crippen LogP contribution in [0.4, 0.5) is 11.4 Å². The second kappa shape index (κ2) is 10.4. The number of nitrogens with one attached hydrogen (secondary N) is 1. The third kappa shape index (κ3) is 5.44. The van der Waals surface area contributed by atoms with E-state index < -0.39 is 22.9 Å². The average Bonchev–Trinajstić information content (AvgIpc) is 2.83. The molecule has 0 heterocycles. The number of carbonyl (C=O) groups excluding carboxylic acids is 3. The molecule has 3 aromatic carbocycles. The monoisotopic (exact) mass is 462 g/mol. The van der Waals surface area contributed by atoms with Crippen LogP contribution in [0.1, 0.15) is 38.8 Å². The zero-order chi connectivity index (χ0) is 24.8. The molecular weight excluding hydrogens is 440 g/mol. The minimum absolute atomic E-state index is 0.0145. The molecule has 9 heteroatoms. The van der Waals surface area contributed by atoms with Crippen LogP contribution in [0.25, 0.3) is 0 Å². The molecule has 0 radical (unpaired) electrons. The number of methoxy groups -OCH3 is 1. The fourth-order valence-corrected chi connectivity index (χ4v) is 3.14. The van der Waals surface area contributed by atoms with E-state index in [9.17, 15) is 24.5 Å². The smallest absolute Gasteiger partial charge is 0.339 e. The predicted molar refractivity (Wildman–Crippen MR) is 124 cm³/mol. The van der Waals surface area contributed by atoms with Crippen LogP contribution < -0.4 is 10.1 Å². The summed E-state index contributed by atoms with van der Waals surface area (Å²) in [7, 11) is 1.35. The Bertz CT molecular complexity index is 1250. The Morgan fingerprint density at radius 1 is 0.971 bits per heavy atom. The molecule has 0 aromatic heterocycles. The normalized spacial score (nSPS) is 11.3. The molecule has 0 bridgehead atoms. The van der Waals surface area contributed by atoms with Crippen LogP contribution in [0, 0.1) is 17.0 Å². The number of nitro benzene ring substituents is 1. The predicted octanol–water partition coefficient (Wildman–Crippen LogP) is 4.33. The Kier molecular flexibility index (Phi) is 7.37. The number of hydrogen-bond acceptors (Lipinski definition) is 7. The lowest BCUT2D eigenvalue weighted by Crippen LogP contribution is -2.30. The van der Waals surface area contributed by atoms with E-state index in [4.69, 9.17) is 9.47 Å². The topological polar surface area (TPSA) is 125 Å².